The largest absolute Gasteiger partial charge is 0.377 e. The summed E-state index contributed by atoms with van der Waals surface area (Å²) in [6.45, 7) is 6.09. The summed E-state index contributed by atoms with van der Waals surface area (Å²) < 4.78 is 5.65. The second kappa shape index (κ2) is 6.33. The van der Waals surface area contributed by atoms with E-state index in [9.17, 15) is 0 Å². The van der Waals surface area contributed by atoms with Gasteiger partial charge >= 0.3 is 0 Å². The molecule has 2 atom stereocenters. The molecule has 0 radical (unpaired) electrons. The fraction of sp³-hybridized carbons (Fsp3) is 0.625. The molecular weight excluding hydrogens is 272 g/mol. The number of halogens is 1. The molecule has 112 valence electrons. The van der Waals surface area contributed by atoms with E-state index in [2.05, 4.69) is 24.0 Å². The number of hydrogen-bond acceptors (Lipinski definition) is 3. The molecular formula is C16H25ClN2O. The van der Waals surface area contributed by atoms with Gasteiger partial charge in [-0.15, -0.1) is 0 Å². The Kier molecular flexibility index (Phi) is 4.95. The summed E-state index contributed by atoms with van der Waals surface area (Å²) in [4.78, 5) is 2.32. The second-order valence-corrected chi connectivity index (χ2v) is 6.55. The van der Waals surface area contributed by atoms with E-state index in [1.807, 2.05) is 13.0 Å². The third-order valence-electron chi connectivity index (χ3n) is 4.06. The quantitative estimate of drug-likeness (QED) is 0.927. The molecule has 2 rings (SSSR count). The molecule has 1 fully saturated rings. The number of nitrogens with zero attached hydrogens (tertiary/aromatic N) is 1. The molecule has 1 aliphatic rings. The molecule has 0 aromatic heterocycles. The van der Waals surface area contributed by atoms with E-state index in [-0.39, 0.29) is 11.6 Å². The maximum absolute atomic E-state index is 6.46. The zero-order valence-electron chi connectivity index (χ0n) is 12.7. The number of benzene rings is 1. The highest BCUT2D eigenvalue weighted by Crippen LogP contribution is 2.33. The lowest BCUT2D eigenvalue weighted by molar-refractivity contribution is -0.00464. The first-order chi connectivity index (χ1) is 9.43. The number of anilines is 1. The Balaban J connectivity index is 2.16. The van der Waals surface area contributed by atoms with Gasteiger partial charge in [-0.25, -0.2) is 0 Å². The fourth-order valence-corrected chi connectivity index (χ4v) is 3.21. The molecule has 0 amide bonds. The van der Waals surface area contributed by atoms with Crippen molar-refractivity contribution in [1.82, 2.24) is 0 Å². The van der Waals surface area contributed by atoms with Crippen molar-refractivity contribution in [1.29, 1.82) is 0 Å². The first-order valence-electron chi connectivity index (χ1n) is 7.28. The van der Waals surface area contributed by atoms with Crippen LogP contribution in [0.3, 0.4) is 0 Å². The Bertz CT molecular complexity index is 464. The normalized spacial score (nSPS) is 24.8. The van der Waals surface area contributed by atoms with E-state index in [1.165, 1.54) is 5.56 Å². The van der Waals surface area contributed by atoms with Crippen LogP contribution >= 0.6 is 11.6 Å². The summed E-state index contributed by atoms with van der Waals surface area (Å²) in [6, 6.07) is 6.44. The second-order valence-electron chi connectivity index (χ2n) is 6.15. The lowest BCUT2D eigenvalue weighted by atomic mass is 9.94. The Labute approximate surface area is 127 Å². The van der Waals surface area contributed by atoms with Gasteiger partial charge in [0.05, 0.1) is 16.3 Å². The average molecular weight is 297 g/mol. The molecule has 0 spiro atoms. The van der Waals surface area contributed by atoms with Crippen molar-refractivity contribution in [2.75, 3.05) is 25.1 Å². The summed E-state index contributed by atoms with van der Waals surface area (Å²) in [7, 11) is 1.79. The molecule has 2 unspecified atom stereocenters. The van der Waals surface area contributed by atoms with Gasteiger partial charge in [0.1, 0.15) is 0 Å². The van der Waals surface area contributed by atoms with E-state index in [0.717, 1.165) is 43.1 Å². The first-order valence-corrected chi connectivity index (χ1v) is 7.65. The first kappa shape index (κ1) is 15.6. The number of hydrogen-bond donors (Lipinski definition) is 1. The van der Waals surface area contributed by atoms with Crippen LogP contribution in [-0.2, 0) is 11.2 Å². The topological polar surface area (TPSA) is 38.5 Å². The third-order valence-corrected chi connectivity index (χ3v) is 4.36. The molecule has 2 N–H and O–H groups in total. The van der Waals surface area contributed by atoms with Crippen LogP contribution in [0.25, 0.3) is 0 Å². The van der Waals surface area contributed by atoms with Gasteiger partial charge in [0.25, 0.3) is 0 Å². The molecule has 4 heteroatoms. The fourth-order valence-electron chi connectivity index (χ4n) is 2.88. The van der Waals surface area contributed by atoms with Crippen LogP contribution in [0.2, 0.25) is 5.02 Å². The molecule has 0 saturated carbocycles. The summed E-state index contributed by atoms with van der Waals surface area (Å²) in [5, 5.41) is 0.809. The van der Waals surface area contributed by atoms with Crippen LogP contribution < -0.4 is 10.6 Å². The number of ether oxygens (including phenoxy) is 1. The van der Waals surface area contributed by atoms with Gasteiger partial charge in [0, 0.05) is 26.2 Å². The van der Waals surface area contributed by atoms with Crippen molar-refractivity contribution in [3.8, 4) is 0 Å². The van der Waals surface area contributed by atoms with Gasteiger partial charge in [0.15, 0.2) is 0 Å². The summed E-state index contributed by atoms with van der Waals surface area (Å²) >= 11 is 6.46. The minimum Gasteiger partial charge on any atom is -0.377 e. The zero-order chi connectivity index (χ0) is 14.8. The molecule has 1 heterocycles. The van der Waals surface area contributed by atoms with E-state index < -0.39 is 0 Å². The van der Waals surface area contributed by atoms with Crippen molar-refractivity contribution < 1.29 is 4.74 Å². The minimum atomic E-state index is -0.0774. The summed E-state index contributed by atoms with van der Waals surface area (Å²) in [5.41, 5.74) is 8.06. The highest BCUT2D eigenvalue weighted by atomic mass is 35.5. The number of methoxy groups -OCH3 is 1. The maximum Gasteiger partial charge on any atom is 0.0825 e. The Morgan fingerprint density at radius 3 is 2.85 bits per heavy atom. The molecule has 0 bridgehead atoms. The predicted molar refractivity (Wildman–Crippen MR) is 85.7 cm³/mol. The monoisotopic (exact) mass is 296 g/mol. The molecule has 1 aliphatic heterocycles. The number of nitrogens with two attached hydrogens (primary N) is 1. The average Bonchev–Trinajstić information content (AvgIpc) is 2.38. The summed E-state index contributed by atoms with van der Waals surface area (Å²) in [6.07, 6.45) is 3.08. The Hall–Kier alpha value is -0.770. The smallest absolute Gasteiger partial charge is 0.0825 e. The Morgan fingerprint density at radius 1 is 1.50 bits per heavy atom. The van der Waals surface area contributed by atoms with E-state index >= 15 is 0 Å². The van der Waals surface area contributed by atoms with Crippen molar-refractivity contribution >= 4 is 17.3 Å². The predicted octanol–water partition coefficient (Wildman–Crippen LogP) is 3.24. The van der Waals surface area contributed by atoms with Crippen LogP contribution in [0.15, 0.2) is 18.2 Å². The molecule has 3 nitrogen and oxygen atoms in total. The van der Waals surface area contributed by atoms with Crippen LogP contribution in [0, 0.1) is 0 Å². The Morgan fingerprint density at radius 2 is 2.25 bits per heavy atom. The van der Waals surface area contributed by atoms with Crippen LogP contribution in [-0.4, -0.2) is 31.8 Å². The summed E-state index contributed by atoms with van der Waals surface area (Å²) in [5.74, 6) is 0. The zero-order valence-corrected chi connectivity index (χ0v) is 13.4. The van der Waals surface area contributed by atoms with Crippen LogP contribution in [0.4, 0.5) is 5.69 Å². The SMILES string of the molecule is COC1(C)CCCN(c2ccc(CC(C)N)cc2Cl)C1. The molecule has 0 aliphatic carbocycles. The van der Waals surface area contributed by atoms with Gasteiger partial charge in [-0.3, -0.25) is 0 Å². The number of rotatable bonds is 4. The van der Waals surface area contributed by atoms with Crippen molar-refractivity contribution in [2.24, 2.45) is 5.73 Å². The lowest BCUT2D eigenvalue weighted by Crippen LogP contribution is -2.47. The highest BCUT2D eigenvalue weighted by Gasteiger charge is 2.31. The van der Waals surface area contributed by atoms with Gasteiger partial charge in [-0.2, -0.15) is 0 Å². The van der Waals surface area contributed by atoms with E-state index in [0.29, 0.717) is 0 Å². The van der Waals surface area contributed by atoms with Gasteiger partial charge in [0.2, 0.25) is 0 Å². The molecule has 20 heavy (non-hydrogen) atoms. The third kappa shape index (κ3) is 3.66. The number of piperidine rings is 1. The highest BCUT2D eigenvalue weighted by molar-refractivity contribution is 6.33. The van der Waals surface area contributed by atoms with E-state index in [1.54, 1.807) is 7.11 Å². The van der Waals surface area contributed by atoms with Crippen molar-refractivity contribution in [2.45, 2.75) is 44.8 Å². The van der Waals surface area contributed by atoms with Crippen molar-refractivity contribution in [3.63, 3.8) is 0 Å². The van der Waals surface area contributed by atoms with Gasteiger partial charge < -0.3 is 15.4 Å². The van der Waals surface area contributed by atoms with Crippen LogP contribution in [0.1, 0.15) is 32.3 Å². The minimum absolute atomic E-state index is 0.0774. The molecule has 1 aromatic carbocycles. The maximum atomic E-state index is 6.46. The van der Waals surface area contributed by atoms with Gasteiger partial charge in [-0.1, -0.05) is 17.7 Å². The molecule has 1 saturated heterocycles. The van der Waals surface area contributed by atoms with Gasteiger partial charge in [-0.05, 0) is 50.8 Å². The standard InChI is InChI=1S/C16H25ClN2O/c1-12(18)9-13-5-6-15(14(17)10-13)19-8-4-7-16(2,11-19)20-3/h5-6,10,12H,4,7-9,11,18H2,1-3H3. The van der Waals surface area contributed by atoms with E-state index in [4.69, 9.17) is 22.1 Å². The van der Waals surface area contributed by atoms with Crippen LogP contribution in [0.5, 0.6) is 0 Å². The lowest BCUT2D eigenvalue weighted by Gasteiger charge is -2.41. The van der Waals surface area contributed by atoms with Crippen molar-refractivity contribution in [3.05, 3.63) is 28.8 Å². The molecule has 1 aromatic rings.